The molecule has 152 valence electrons. The van der Waals surface area contributed by atoms with Gasteiger partial charge in [-0.25, -0.2) is 9.67 Å². The van der Waals surface area contributed by atoms with Gasteiger partial charge in [0.25, 0.3) is 5.56 Å². The normalized spacial score (nSPS) is 15.2. The Kier molecular flexibility index (Phi) is 5.59. The molecule has 0 saturated carbocycles. The molecule has 3 heterocycles. The highest BCUT2D eigenvalue weighted by Gasteiger charge is 2.26. The van der Waals surface area contributed by atoms with Crippen LogP contribution in [0.4, 0.5) is 0 Å². The van der Waals surface area contributed by atoms with Crippen LogP contribution in [0.2, 0.25) is 5.02 Å². The maximum absolute atomic E-state index is 12.5. The van der Waals surface area contributed by atoms with Crippen LogP contribution in [-0.2, 0) is 16.1 Å². The van der Waals surface area contributed by atoms with Crippen molar-refractivity contribution in [2.24, 2.45) is 0 Å². The van der Waals surface area contributed by atoms with Gasteiger partial charge in [-0.1, -0.05) is 28.9 Å². The molecule has 0 radical (unpaired) electrons. The number of aromatic amines is 1. The second-order valence-corrected chi connectivity index (χ2v) is 7.52. The predicted molar refractivity (Wildman–Crippen MR) is 107 cm³/mol. The SMILES string of the molecule is COCC(=O)N1CCC(c2nc3c(nnn3Cc3cccc(Cl)c3)c(=O)[nH]2)CC1. The number of methoxy groups -OCH3 is 1. The number of aromatic nitrogens is 5. The highest BCUT2D eigenvalue weighted by atomic mass is 35.5. The van der Waals surface area contributed by atoms with Crippen LogP contribution in [0.15, 0.2) is 29.1 Å². The number of hydrogen-bond acceptors (Lipinski definition) is 6. The summed E-state index contributed by atoms with van der Waals surface area (Å²) in [5.41, 5.74) is 1.29. The minimum Gasteiger partial charge on any atom is -0.375 e. The van der Waals surface area contributed by atoms with Gasteiger partial charge in [0.1, 0.15) is 12.4 Å². The van der Waals surface area contributed by atoms with Crippen molar-refractivity contribution in [1.82, 2.24) is 29.9 Å². The summed E-state index contributed by atoms with van der Waals surface area (Å²) in [6.07, 6.45) is 1.44. The predicted octanol–water partition coefficient (Wildman–Crippen LogP) is 1.57. The van der Waals surface area contributed by atoms with Gasteiger partial charge in [0.05, 0.1) is 6.54 Å². The first-order chi connectivity index (χ1) is 14.0. The molecule has 29 heavy (non-hydrogen) atoms. The molecule has 2 aromatic heterocycles. The molecule has 10 heteroatoms. The summed E-state index contributed by atoms with van der Waals surface area (Å²) in [6.45, 7) is 1.71. The van der Waals surface area contributed by atoms with Gasteiger partial charge in [-0.15, -0.1) is 5.10 Å². The molecule has 0 aliphatic carbocycles. The Labute approximate surface area is 171 Å². The second kappa shape index (κ2) is 8.30. The summed E-state index contributed by atoms with van der Waals surface area (Å²) in [6, 6.07) is 7.44. The summed E-state index contributed by atoms with van der Waals surface area (Å²) in [5.74, 6) is 0.649. The average Bonchev–Trinajstić information content (AvgIpc) is 3.11. The molecular formula is C19H21ClN6O3. The minimum atomic E-state index is -0.305. The standard InChI is InChI=1S/C19H21ClN6O3/c1-29-11-15(27)25-7-5-13(6-8-25)17-21-18-16(19(28)22-17)23-24-26(18)10-12-3-2-4-14(20)9-12/h2-4,9,13H,5-8,10-11H2,1H3,(H,21,22,28). The molecule has 1 aromatic carbocycles. The van der Waals surface area contributed by atoms with Gasteiger partial charge >= 0.3 is 0 Å². The molecule has 0 atom stereocenters. The van der Waals surface area contributed by atoms with Crippen molar-refractivity contribution in [3.8, 4) is 0 Å². The van der Waals surface area contributed by atoms with Crippen molar-refractivity contribution in [3.05, 3.63) is 51.0 Å². The Morgan fingerprint density at radius 1 is 1.34 bits per heavy atom. The molecule has 9 nitrogen and oxygen atoms in total. The molecule has 1 saturated heterocycles. The number of nitrogens with one attached hydrogen (secondary N) is 1. The molecule has 0 unspecified atom stereocenters. The number of ether oxygens (including phenoxy) is 1. The summed E-state index contributed by atoms with van der Waals surface area (Å²) in [5, 5.41) is 8.72. The lowest BCUT2D eigenvalue weighted by Gasteiger charge is -2.31. The summed E-state index contributed by atoms with van der Waals surface area (Å²) >= 11 is 6.06. The van der Waals surface area contributed by atoms with Crippen molar-refractivity contribution < 1.29 is 9.53 Å². The molecule has 1 amide bonds. The summed E-state index contributed by atoms with van der Waals surface area (Å²) in [4.78, 5) is 33.8. The lowest BCUT2D eigenvalue weighted by Crippen LogP contribution is -2.40. The van der Waals surface area contributed by atoms with Crippen molar-refractivity contribution in [2.45, 2.75) is 25.3 Å². The van der Waals surface area contributed by atoms with Crippen molar-refractivity contribution in [1.29, 1.82) is 0 Å². The number of H-pyrrole nitrogens is 1. The zero-order valence-corrected chi connectivity index (χ0v) is 16.7. The second-order valence-electron chi connectivity index (χ2n) is 7.09. The zero-order chi connectivity index (χ0) is 20.4. The van der Waals surface area contributed by atoms with Crippen molar-refractivity contribution in [3.63, 3.8) is 0 Å². The van der Waals surface area contributed by atoms with Crippen LogP contribution in [-0.4, -0.2) is 62.6 Å². The van der Waals surface area contributed by atoms with Crippen LogP contribution >= 0.6 is 11.6 Å². The Hall–Kier alpha value is -2.78. The van der Waals surface area contributed by atoms with E-state index in [1.807, 2.05) is 18.2 Å². The first-order valence-electron chi connectivity index (χ1n) is 9.39. The number of carbonyl (C=O) groups is 1. The van der Waals surface area contributed by atoms with E-state index in [1.165, 1.54) is 7.11 Å². The zero-order valence-electron chi connectivity index (χ0n) is 16.0. The number of nitrogens with zero attached hydrogens (tertiary/aromatic N) is 5. The number of fused-ring (bicyclic) bond motifs is 1. The van der Waals surface area contributed by atoms with Crippen molar-refractivity contribution in [2.75, 3.05) is 26.8 Å². The number of rotatable bonds is 5. The topological polar surface area (TPSA) is 106 Å². The van der Waals surface area contributed by atoms with Gasteiger partial charge in [-0.2, -0.15) is 0 Å². The first kappa shape index (κ1) is 19.5. The fourth-order valence-corrected chi connectivity index (χ4v) is 3.82. The van der Waals surface area contributed by atoms with Crippen LogP contribution in [0.25, 0.3) is 11.2 Å². The van der Waals surface area contributed by atoms with E-state index in [1.54, 1.807) is 15.6 Å². The molecule has 1 aliphatic rings. The van der Waals surface area contributed by atoms with E-state index in [2.05, 4.69) is 20.3 Å². The van der Waals surface area contributed by atoms with E-state index in [4.69, 9.17) is 16.3 Å². The van der Waals surface area contributed by atoms with E-state index in [0.717, 1.165) is 18.4 Å². The van der Waals surface area contributed by atoms with Crippen LogP contribution in [0.1, 0.15) is 30.1 Å². The van der Waals surface area contributed by atoms with E-state index >= 15 is 0 Å². The summed E-state index contributed by atoms with van der Waals surface area (Å²) < 4.78 is 6.52. The Morgan fingerprint density at radius 2 is 2.14 bits per heavy atom. The number of carbonyl (C=O) groups excluding carboxylic acids is 1. The van der Waals surface area contributed by atoms with Crippen LogP contribution in [0.3, 0.4) is 0 Å². The van der Waals surface area contributed by atoms with Gasteiger partial charge < -0.3 is 14.6 Å². The summed E-state index contributed by atoms with van der Waals surface area (Å²) in [7, 11) is 1.51. The average molecular weight is 417 g/mol. The number of likely N-dealkylation sites (tertiary alicyclic amines) is 1. The van der Waals surface area contributed by atoms with Crippen LogP contribution in [0.5, 0.6) is 0 Å². The third-order valence-electron chi connectivity index (χ3n) is 5.12. The molecule has 0 spiro atoms. The van der Waals surface area contributed by atoms with Crippen LogP contribution in [0, 0.1) is 0 Å². The molecule has 1 N–H and O–H groups in total. The maximum Gasteiger partial charge on any atom is 0.281 e. The van der Waals surface area contributed by atoms with Crippen molar-refractivity contribution >= 4 is 28.7 Å². The highest BCUT2D eigenvalue weighted by Crippen LogP contribution is 2.25. The lowest BCUT2D eigenvalue weighted by molar-refractivity contribution is -0.136. The number of benzene rings is 1. The molecule has 3 aromatic rings. The van der Waals surface area contributed by atoms with E-state index < -0.39 is 0 Å². The van der Waals surface area contributed by atoms with Gasteiger partial charge in [0.2, 0.25) is 5.91 Å². The third kappa shape index (κ3) is 4.15. The molecule has 1 aliphatic heterocycles. The fraction of sp³-hybridized carbons (Fsp3) is 0.421. The van der Waals surface area contributed by atoms with Gasteiger partial charge in [-0.3, -0.25) is 9.59 Å². The monoisotopic (exact) mass is 416 g/mol. The lowest BCUT2D eigenvalue weighted by atomic mass is 9.96. The quantitative estimate of drug-likeness (QED) is 0.676. The van der Waals surface area contributed by atoms with E-state index in [0.29, 0.717) is 36.1 Å². The van der Waals surface area contributed by atoms with Gasteiger partial charge in [0.15, 0.2) is 11.2 Å². The number of halogens is 1. The van der Waals surface area contributed by atoms with E-state index in [9.17, 15) is 9.59 Å². The van der Waals surface area contributed by atoms with Gasteiger partial charge in [0, 0.05) is 31.1 Å². The Bertz CT molecular complexity index is 1090. The molecule has 4 rings (SSSR count). The maximum atomic E-state index is 12.5. The number of piperidine rings is 1. The smallest absolute Gasteiger partial charge is 0.281 e. The number of hydrogen-bond donors (Lipinski definition) is 1. The first-order valence-corrected chi connectivity index (χ1v) is 9.77. The van der Waals surface area contributed by atoms with Crippen LogP contribution < -0.4 is 5.56 Å². The van der Waals surface area contributed by atoms with Gasteiger partial charge in [-0.05, 0) is 30.5 Å². The molecule has 0 bridgehead atoms. The molecule has 1 fully saturated rings. The molecular weight excluding hydrogens is 396 g/mol. The Balaban J connectivity index is 1.57. The third-order valence-corrected chi connectivity index (χ3v) is 5.35. The largest absolute Gasteiger partial charge is 0.375 e. The highest BCUT2D eigenvalue weighted by molar-refractivity contribution is 6.30. The minimum absolute atomic E-state index is 0.0216. The number of amides is 1. The Morgan fingerprint density at radius 3 is 2.86 bits per heavy atom. The fourth-order valence-electron chi connectivity index (χ4n) is 3.61. The van der Waals surface area contributed by atoms with E-state index in [-0.39, 0.29) is 29.5 Å².